The number of fused-ring (bicyclic) bond motifs is 1. The van der Waals surface area contributed by atoms with Gasteiger partial charge in [0, 0.05) is 23.8 Å². The fourth-order valence-electron chi connectivity index (χ4n) is 3.47. The molecular formula is C22H20N2O2S. The Morgan fingerprint density at radius 1 is 1.11 bits per heavy atom. The Kier molecular flexibility index (Phi) is 4.77. The fraction of sp³-hybridized carbons (Fsp3) is 0.182. The van der Waals surface area contributed by atoms with Crippen molar-refractivity contribution >= 4 is 28.8 Å². The molecular weight excluding hydrogens is 356 g/mol. The average Bonchev–Trinajstić information content (AvgIpc) is 3.33. The van der Waals surface area contributed by atoms with Crippen LogP contribution in [-0.2, 0) is 13.0 Å². The lowest BCUT2D eigenvalue weighted by molar-refractivity contribution is 0.0952. The van der Waals surface area contributed by atoms with Crippen LogP contribution in [0.25, 0.3) is 0 Å². The molecule has 0 spiro atoms. The maximum absolute atomic E-state index is 13.0. The van der Waals surface area contributed by atoms with E-state index in [2.05, 4.69) is 18.3 Å². The molecule has 4 nitrogen and oxygen atoms in total. The van der Waals surface area contributed by atoms with Crippen LogP contribution in [0.2, 0.25) is 0 Å². The lowest BCUT2D eigenvalue weighted by atomic mass is 10.1. The molecule has 2 heterocycles. The zero-order valence-electron chi connectivity index (χ0n) is 15.0. The number of nitrogens with zero attached hydrogens (tertiary/aromatic N) is 1. The number of amides is 2. The molecule has 4 rings (SSSR count). The lowest BCUT2D eigenvalue weighted by Gasteiger charge is -2.23. The second-order valence-electron chi connectivity index (χ2n) is 6.72. The summed E-state index contributed by atoms with van der Waals surface area (Å²) in [5.74, 6) is -0.0577. The minimum atomic E-state index is -0.0731. The molecule has 0 radical (unpaired) electrons. The summed E-state index contributed by atoms with van der Waals surface area (Å²) >= 11 is 1.42. The van der Waals surface area contributed by atoms with Crippen LogP contribution in [0.1, 0.15) is 38.1 Å². The van der Waals surface area contributed by atoms with Crippen molar-refractivity contribution in [2.24, 2.45) is 0 Å². The van der Waals surface area contributed by atoms with Gasteiger partial charge in [-0.15, -0.1) is 11.3 Å². The summed E-state index contributed by atoms with van der Waals surface area (Å²) in [5.41, 5.74) is 3.78. The largest absolute Gasteiger partial charge is 0.347 e. The first-order chi connectivity index (χ1) is 13.1. The maximum Gasteiger partial charge on any atom is 0.261 e. The highest BCUT2D eigenvalue weighted by molar-refractivity contribution is 7.12. The molecule has 0 bridgehead atoms. The van der Waals surface area contributed by atoms with Gasteiger partial charge in [0.25, 0.3) is 11.8 Å². The van der Waals surface area contributed by atoms with Gasteiger partial charge in [0.1, 0.15) is 0 Å². The highest BCUT2D eigenvalue weighted by atomic mass is 32.1. The molecule has 0 saturated heterocycles. The molecule has 1 aliphatic heterocycles. The molecule has 0 aliphatic carbocycles. The third-order valence-corrected chi connectivity index (χ3v) is 5.67. The molecule has 27 heavy (non-hydrogen) atoms. The first-order valence-corrected chi connectivity index (χ1v) is 9.83. The molecule has 1 aliphatic rings. The number of anilines is 1. The number of nitrogens with one attached hydrogen (secondary N) is 1. The van der Waals surface area contributed by atoms with E-state index in [0.29, 0.717) is 17.0 Å². The van der Waals surface area contributed by atoms with Gasteiger partial charge in [-0.1, -0.05) is 36.4 Å². The topological polar surface area (TPSA) is 49.4 Å². The first-order valence-electron chi connectivity index (χ1n) is 8.95. The molecule has 0 fully saturated rings. The van der Waals surface area contributed by atoms with Crippen LogP contribution in [0.5, 0.6) is 0 Å². The van der Waals surface area contributed by atoms with E-state index in [1.54, 1.807) is 0 Å². The summed E-state index contributed by atoms with van der Waals surface area (Å²) in [6.45, 7) is 2.50. The van der Waals surface area contributed by atoms with Crippen molar-refractivity contribution in [3.8, 4) is 0 Å². The van der Waals surface area contributed by atoms with Crippen molar-refractivity contribution in [3.63, 3.8) is 0 Å². The molecule has 2 aromatic carbocycles. The van der Waals surface area contributed by atoms with Crippen LogP contribution in [0.15, 0.2) is 66.0 Å². The standard InChI is InChI=1S/C22H20N2O2S/c1-15-12-18-10-9-16(14-23-21(25)20-8-5-11-27-20)13-19(18)24(15)22(26)17-6-3-2-4-7-17/h2-11,13,15H,12,14H2,1H3,(H,23,25)/t15-/m1/s1. The van der Waals surface area contributed by atoms with Gasteiger partial charge in [-0.05, 0) is 54.1 Å². The van der Waals surface area contributed by atoms with Gasteiger partial charge in [-0.25, -0.2) is 0 Å². The van der Waals surface area contributed by atoms with Gasteiger partial charge in [-0.2, -0.15) is 0 Å². The number of carbonyl (C=O) groups is 2. The molecule has 1 atom stereocenters. The van der Waals surface area contributed by atoms with E-state index in [0.717, 1.165) is 17.7 Å². The van der Waals surface area contributed by atoms with Crippen LogP contribution >= 0.6 is 11.3 Å². The van der Waals surface area contributed by atoms with Gasteiger partial charge in [0.15, 0.2) is 0 Å². The minimum absolute atomic E-state index is 0.0154. The molecule has 5 heteroatoms. The number of hydrogen-bond acceptors (Lipinski definition) is 3. The number of thiophene rings is 1. The summed E-state index contributed by atoms with van der Waals surface area (Å²) in [4.78, 5) is 27.7. The molecule has 0 unspecified atom stereocenters. The van der Waals surface area contributed by atoms with Gasteiger partial charge in [0.2, 0.25) is 0 Å². The summed E-state index contributed by atoms with van der Waals surface area (Å²) in [6.07, 6.45) is 0.843. The van der Waals surface area contributed by atoms with Crippen LogP contribution in [-0.4, -0.2) is 17.9 Å². The summed E-state index contributed by atoms with van der Waals surface area (Å²) in [7, 11) is 0. The zero-order chi connectivity index (χ0) is 18.8. The molecule has 1 N–H and O–H groups in total. The molecule has 0 saturated carbocycles. The van der Waals surface area contributed by atoms with E-state index >= 15 is 0 Å². The van der Waals surface area contributed by atoms with E-state index in [1.807, 2.05) is 64.9 Å². The monoisotopic (exact) mass is 376 g/mol. The molecule has 3 aromatic rings. The summed E-state index contributed by atoms with van der Waals surface area (Å²) in [5, 5.41) is 4.84. The summed E-state index contributed by atoms with van der Waals surface area (Å²) < 4.78 is 0. The minimum Gasteiger partial charge on any atom is -0.347 e. The predicted octanol–water partition coefficient (Wildman–Crippen LogP) is 4.27. The van der Waals surface area contributed by atoms with E-state index in [9.17, 15) is 9.59 Å². The molecule has 1 aromatic heterocycles. The van der Waals surface area contributed by atoms with Gasteiger partial charge in [-0.3, -0.25) is 9.59 Å². The number of rotatable bonds is 4. The zero-order valence-corrected chi connectivity index (χ0v) is 15.8. The molecule has 2 amide bonds. The van der Waals surface area contributed by atoms with E-state index in [-0.39, 0.29) is 17.9 Å². The second kappa shape index (κ2) is 7.37. The van der Waals surface area contributed by atoms with Crippen molar-refractivity contribution in [1.82, 2.24) is 5.32 Å². The Morgan fingerprint density at radius 2 is 1.93 bits per heavy atom. The SMILES string of the molecule is C[C@@H]1Cc2ccc(CNC(=O)c3cccs3)cc2N1C(=O)c1ccccc1. The first kappa shape index (κ1) is 17.5. The van der Waals surface area contributed by atoms with Crippen LogP contribution < -0.4 is 10.2 Å². The highest BCUT2D eigenvalue weighted by Crippen LogP contribution is 2.34. The number of benzene rings is 2. The van der Waals surface area contributed by atoms with Crippen molar-refractivity contribution in [2.45, 2.75) is 25.9 Å². The van der Waals surface area contributed by atoms with Crippen molar-refractivity contribution < 1.29 is 9.59 Å². The van der Waals surface area contributed by atoms with Crippen LogP contribution in [0.4, 0.5) is 5.69 Å². The Bertz CT molecular complexity index is 967. The van der Waals surface area contributed by atoms with Crippen LogP contribution in [0.3, 0.4) is 0 Å². The predicted molar refractivity (Wildman–Crippen MR) is 108 cm³/mol. The van der Waals surface area contributed by atoms with Crippen molar-refractivity contribution in [2.75, 3.05) is 4.90 Å². The Labute approximate surface area is 162 Å². The quantitative estimate of drug-likeness (QED) is 0.739. The normalized spacial score (nSPS) is 15.4. The molecule has 136 valence electrons. The van der Waals surface area contributed by atoms with Gasteiger partial charge in [0.05, 0.1) is 4.88 Å². The van der Waals surface area contributed by atoms with E-state index in [1.165, 1.54) is 16.9 Å². The second-order valence-corrected chi connectivity index (χ2v) is 7.67. The van der Waals surface area contributed by atoms with Gasteiger partial charge >= 0.3 is 0 Å². The fourth-order valence-corrected chi connectivity index (χ4v) is 4.11. The Balaban J connectivity index is 1.55. The third-order valence-electron chi connectivity index (χ3n) is 4.80. The number of hydrogen-bond donors (Lipinski definition) is 1. The van der Waals surface area contributed by atoms with E-state index < -0.39 is 0 Å². The van der Waals surface area contributed by atoms with Crippen molar-refractivity contribution in [1.29, 1.82) is 0 Å². The average molecular weight is 376 g/mol. The third kappa shape index (κ3) is 3.51. The van der Waals surface area contributed by atoms with Crippen LogP contribution in [0, 0.1) is 0 Å². The number of carbonyl (C=O) groups excluding carboxylic acids is 2. The highest BCUT2D eigenvalue weighted by Gasteiger charge is 2.31. The van der Waals surface area contributed by atoms with Crippen molar-refractivity contribution in [3.05, 3.63) is 87.6 Å². The lowest BCUT2D eigenvalue weighted by Crippen LogP contribution is -2.35. The Hall–Kier alpha value is -2.92. The smallest absolute Gasteiger partial charge is 0.261 e. The summed E-state index contributed by atoms with van der Waals surface area (Å²) in [6, 6.07) is 19.3. The Morgan fingerprint density at radius 3 is 2.67 bits per heavy atom. The van der Waals surface area contributed by atoms with Gasteiger partial charge < -0.3 is 10.2 Å². The van der Waals surface area contributed by atoms with E-state index in [4.69, 9.17) is 0 Å². The maximum atomic E-state index is 13.0.